The third-order valence-corrected chi connectivity index (χ3v) is 3.89. The van der Waals surface area contributed by atoms with E-state index in [1.165, 1.54) is 0 Å². The molecule has 0 atom stereocenters. The molecule has 0 amide bonds. The first-order chi connectivity index (χ1) is 8.56. The Labute approximate surface area is 129 Å². The molecule has 0 saturated heterocycles. The van der Waals surface area contributed by atoms with E-state index in [0.29, 0.717) is 22.0 Å². The number of halogens is 3. The largest absolute Gasteiger partial charge is 0.294 e. The maximum Gasteiger partial charge on any atom is 0.168 e. The lowest BCUT2D eigenvalue weighted by molar-refractivity contribution is 0.0992. The van der Waals surface area contributed by atoms with Gasteiger partial charge in [0.1, 0.15) is 0 Å². The fraction of sp³-hybridized carbons (Fsp3) is 0.0714. The zero-order valence-electron chi connectivity index (χ0n) is 9.29. The molecular weight excluding hydrogens is 382 g/mol. The number of rotatable bonds is 3. The summed E-state index contributed by atoms with van der Waals surface area (Å²) in [5, 5.41) is 1.31. The van der Waals surface area contributed by atoms with Crippen LogP contribution in [0.3, 0.4) is 0 Å². The predicted octanol–water partition coefficient (Wildman–Crippen LogP) is 5.02. The molecule has 0 aliphatic rings. The summed E-state index contributed by atoms with van der Waals surface area (Å²) in [5.41, 5.74) is 1.66. The van der Waals surface area contributed by atoms with Crippen LogP contribution in [0.1, 0.15) is 15.9 Å². The fourth-order valence-electron chi connectivity index (χ4n) is 1.60. The Balaban J connectivity index is 2.19. The van der Waals surface area contributed by atoms with E-state index in [4.69, 9.17) is 23.2 Å². The van der Waals surface area contributed by atoms with Crippen LogP contribution in [0.15, 0.2) is 42.5 Å². The van der Waals surface area contributed by atoms with Crippen LogP contribution >= 0.6 is 45.8 Å². The molecule has 0 radical (unpaired) electrons. The standard InChI is InChI=1S/C14H9Cl2IO/c15-10-3-1-9(2-4-10)7-14(18)12-6-5-11(16)8-13(12)17/h1-6,8H,7H2. The average Bonchev–Trinajstić information content (AvgIpc) is 2.32. The van der Waals surface area contributed by atoms with Gasteiger partial charge >= 0.3 is 0 Å². The van der Waals surface area contributed by atoms with Crippen LogP contribution in [-0.2, 0) is 6.42 Å². The topological polar surface area (TPSA) is 17.1 Å². The summed E-state index contributed by atoms with van der Waals surface area (Å²) < 4.78 is 0.874. The van der Waals surface area contributed by atoms with Crippen LogP contribution in [0.5, 0.6) is 0 Å². The molecular formula is C14H9Cl2IO. The molecule has 0 fully saturated rings. The molecule has 18 heavy (non-hydrogen) atoms. The maximum absolute atomic E-state index is 12.2. The highest BCUT2D eigenvalue weighted by molar-refractivity contribution is 14.1. The third-order valence-electron chi connectivity index (χ3n) is 2.51. The third kappa shape index (κ3) is 3.46. The van der Waals surface area contributed by atoms with Gasteiger partial charge in [0.05, 0.1) is 0 Å². The highest BCUT2D eigenvalue weighted by Gasteiger charge is 2.11. The highest BCUT2D eigenvalue weighted by atomic mass is 127. The van der Waals surface area contributed by atoms with Gasteiger partial charge in [0.2, 0.25) is 0 Å². The molecule has 0 saturated carbocycles. The van der Waals surface area contributed by atoms with Gasteiger partial charge in [-0.25, -0.2) is 0 Å². The summed E-state index contributed by atoms with van der Waals surface area (Å²) in [6.07, 6.45) is 0.370. The minimum atomic E-state index is 0.0818. The van der Waals surface area contributed by atoms with Crippen LogP contribution in [0, 0.1) is 3.57 Å². The van der Waals surface area contributed by atoms with E-state index >= 15 is 0 Å². The minimum Gasteiger partial charge on any atom is -0.294 e. The number of Topliss-reactive ketones (excluding diaryl/α,β-unsaturated/α-hetero) is 1. The molecule has 0 aliphatic heterocycles. The zero-order chi connectivity index (χ0) is 13.1. The van der Waals surface area contributed by atoms with E-state index in [9.17, 15) is 4.79 Å². The minimum absolute atomic E-state index is 0.0818. The van der Waals surface area contributed by atoms with Gasteiger partial charge in [-0.1, -0.05) is 35.3 Å². The van der Waals surface area contributed by atoms with Crippen LogP contribution in [-0.4, -0.2) is 5.78 Å². The van der Waals surface area contributed by atoms with Crippen molar-refractivity contribution in [3.05, 3.63) is 67.2 Å². The van der Waals surface area contributed by atoms with Crippen molar-refractivity contribution in [3.8, 4) is 0 Å². The zero-order valence-corrected chi connectivity index (χ0v) is 13.0. The van der Waals surface area contributed by atoms with E-state index in [1.807, 2.05) is 12.1 Å². The van der Waals surface area contributed by atoms with Crippen molar-refractivity contribution >= 4 is 51.6 Å². The molecule has 0 unspecified atom stereocenters. The van der Waals surface area contributed by atoms with Gasteiger partial charge in [0.15, 0.2) is 5.78 Å². The Morgan fingerprint density at radius 3 is 2.22 bits per heavy atom. The van der Waals surface area contributed by atoms with Gasteiger partial charge in [0.25, 0.3) is 0 Å². The molecule has 2 aromatic rings. The molecule has 0 N–H and O–H groups in total. The van der Waals surface area contributed by atoms with Gasteiger partial charge in [-0.2, -0.15) is 0 Å². The van der Waals surface area contributed by atoms with Crippen molar-refractivity contribution in [2.45, 2.75) is 6.42 Å². The normalized spacial score (nSPS) is 10.4. The van der Waals surface area contributed by atoms with E-state index < -0.39 is 0 Å². The lowest BCUT2D eigenvalue weighted by Gasteiger charge is -2.04. The van der Waals surface area contributed by atoms with Crippen molar-refractivity contribution in [2.24, 2.45) is 0 Å². The average molecular weight is 391 g/mol. The van der Waals surface area contributed by atoms with E-state index in [0.717, 1.165) is 9.13 Å². The van der Waals surface area contributed by atoms with Crippen molar-refractivity contribution in [1.29, 1.82) is 0 Å². The quantitative estimate of drug-likeness (QED) is 0.531. The molecule has 92 valence electrons. The molecule has 1 nitrogen and oxygen atoms in total. The summed E-state index contributed by atoms with van der Waals surface area (Å²) in [6.45, 7) is 0. The lowest BCUT2D eigenvalue weighted by atomic mass is 10.0. The SMILES string of the molecule is O=C(Cc1ccc(Cl)cc1)c1ccc(Cl)cc1I. The van der Waals surface area contributed by atoms with Crippen LogP contribution in [0.25, 0.3) is 0 Å². The molecule has 0 aliphatic carbocycles. The van der Waals surface area contributed by atoms with Gasteiger partial charge in [-0.3, -0.25) is 4.79 Å². The summed E-state index contributed by atoms with van der Waals surface area (Å²) in [5.74, 6) is 0.0818. The van der Waals surface area contributed by atoms with Gasteiger partial charge < -0.3 is 0 Å². The fourth-order valence-corrected chi connectivity index (χ4v) is 2.90. The molecule has 0 aromatic heterocycles. The number of hydrogen-bond donors (Lipinski definition) is 0. The number of benzene rings is 2. The Kier molecular flexibility index (Phi) is 4.65. The van der Waals surface area contributed by atoms with E-state index in [2.05, 4.69) is 22.6 Å². The van der Waals surface area contributed by atoms with Gasteiger partial charge in [-0.15, -0.1) is 0 Å². The first-order valence-electron chi connectivity index (χ1n) is 5.29. The molecule has 2 aromatic carbocycles. The number of carbonyl (C=O) groups is 1. The molecule has 0 heterocycles. The molecule has 0 bridgehead atoms. The van der Waals surface area contributed by atoms with Crippen molar-refractivity contribution in [1.82, 2.24) is 0 Å². The first-order valence-corrected chi connectivity index (χ1v) is 7.12. The number of hydrogen-bond acceptors (Lipinski definition) is 1. The second-order valence-corrected chi connectivity index (χ2v) is 5.89. The van der Waals surface area contributed by atoms with Crippen LogP contribution < -0.4 is 0 Å². The highest BCUT2D eigenvalue weighted by Crippen LogP contribution is 2.20. The summed E-state index contributed by atoms with van der Waals surface area (Å²) in [7, 11) is 0. The van der Waals surface area contributed by atoms with E-state index in [-0.39, 0.29) is 5.78 Å². The van der Waals surface area contributed by atoms with Crippen molar-refractivity contribution in [3.63, 3.8) is 0 Å². The maximum atomic E-state index is 12.2. The Morgan fingerprint density at radius 2 is 1.61 bits per heavy atom. The van der Waals surface area contributed by atoms with Crippen molar-refractivity contribution < 1.29 is 4.79 Å². The molecule has 4 heteroatoms. The second kappa shape index (κ2) is 6.04. The summed E-state index contributed by atoms with van der Waals surface area (Å²) in [6, 6.07) is 12.6. The van der Waals surface area contributed by atoms with Crippen molar-refractivity contribution in [2.75, 3.05) is 0 Å². The van der Waals surface area contributed by atoms with E-state index in [1.54, 1.807) is 30.3 Å². The lowest BCUT2D eigenvalue weighted by Crippen LogP contribution is -2.05. The van der Waals surface area contributed by atoms with Crippen LogP contribution in [0.4, 0.5) is 0 Å². The summed E-state index contributed by atoms with van der Waals surface area (Å²) in [4.78, 5) is 12.2. The monoisotopic (exact) mass is 390 g/mol. The Hall–Kier alpha value is -0.580. The predicted molar refractivity (Wildman–Crippen MR) is 83.7 cm³/mol. The Bertz CT molecular complexity index is 579. The number of ketones is 1. The molecule has 2 rings (SSSR count). The summed E-state index contributed by atoms with van der Waals surface area (Å²) >= 11 is 13.8. The Morgan fingerprint density at radius 1 is 1.00 bits per heavy atom. The van der Waals surface area contributed by atoms with Gasteiger partial charge in [0, 0.05) is 25.6 Å². The number of carbonyl (C=O) groups excluding carboxylic acids is 1. The van der Waals surface area contributed by atoms with Crippen LogP contribution in [0.2, 0.25) is 10.0 Å². The van der Waals surface area contributed by atoms with Gasteiger partial charge in [-0.05, 0) is 58.5 Å². The smallest absolute Gasteiger partial charge is 0.168 e. The second-order valence-electron chi connectivity index (χ2n) is 3.85. The molecule has 0 spiro atoms. The first kappa shape index (κ1) is 13.8.